The lowest BCUT2D eigenvalue weighted by Gasteiger charge is -2.11. The van der Waals surface area contributed by atoms with Crippen molar-refractivity contribution < 1.29 is 14.6 Å². The first-order chi connectivity index (χ1) is 7.00. The number of carboxylic acids is 1. The number of aliphatic carboxylic acids is 1. The van der Waals surface area contributed by atoms with Crippen molar-refractivity contribution in [3.8, 4) is 5.75 Å². The Kier molecular flexibility index (Phi) is 5.85. The van der Waals surface area contributed by atoms with Gasteiger partial charge in [-0.15, -0.1) is 12.4 Å². The summed E-state index contributed by atoms with van der Waals surface area (Å²) in [5, 5.41) is 8.69. The number of rotatable bonds is 4. The lowest BCUT2D eigenvalue weighted by molar-refractivity contribution is -0.138. The standard InChI is InChI=1S/C11H15NO3.ClH/c1-7(2)15-9-5-3-8(4-6-9)10(12)11(13)14;/h3-7,10H,12H2,1-2H3,(H,13,14);1H/t10-;/m1./s1. The molecule has 16 heavy (non-hydrogen) atoms. The van der Waals surface area contributed by atoms with E-state index < -0.39 is 12.0 Å². The third kappa shape index (κ3) is 4.08. The van der Waals surface area contributed by atoms with E-state index in [4.69, 9.17) is 15.6 Å². The van der Waals surface area contributed by atoms with Gasteiger partial charge in [0.05, 0.1) is 6.10 Å². The van der Waals surface area contributed by atoms with Crippen molar-refractivity contribution in [1.82, 2.24) is 0 Å². The highest BCUT2D eigenvalue weighted by Gasteiger charge is 2.13. The van der Waals surface area contributed by atoms with Gasteiger partial charge >= 0.3 is 5.97 Å². The van der Waals surface area contributed by atoms with Crippen LogP contribution in [0.3, 0.4) is 0 Å². The van der Waals surface area contributed by atoms with Crippen molar-refractivity contribution in [2.75, 3.05) is 0 Å². The van der Waals surface area contributed by atoms with E-state index in [-0.39, 0.29) is 18.5 Å². The average Bonchev–Trinajstić information content (AvgIpc) is 2.17. The molecule has 1 aromatic rings. The van der Waals surface area contributed by atoms with Crippen LogP contribution >= 0.6 is 12.4 Å². The molecule has 3 N–H and O–H groups in total. The normalized spacial score (nSPS) is 11.8. The molecule has 0 aromatic heterocycles. The molecule has 0 heterocycles. The molecule has 1 rings (SSSR count). The summed E-state index contributed by atoms with van der Waals surface area (Å²) in [6, 6.07) is 5.79. The molecule has 0 fully saturated rings. The highest BCUT2D eigenvalue weighted by atomic mass is 35.5. The van der Waals surface area contributed by atoms with Gasteiger partial charge in [0, 0.05) is 0 Å². The molecule has 0 aliphatic rings. The minimum absolute atomic E-state index is 0. The Morgan fingerprint density at radius 2 is 1.81 bits per heavy atom. The SMILES string of the molecule is CC(C)Oc1ccc([C@@H](N)C(=O)O)cc1.Cl. The number of hydrogen-bond donors (Lipinski definition) is 2. The molecule has 4 nitrogen and oxygen atoms in total. The van der Waals surface area contributed by atoms with Crippen LogP contribution in [0.5, 0.6) is 5.75 Å². The van der Waals surface area contributed by atoms with E-state index in [0.717, 1.165) is 0 Å². The molecule has 90 valence electrons. The molecule has 0 bridgehead atoms. The molecule has 0 aliphatic heterocycles. The Balaban J connectivity index is 0.00000225. The smallest absolute Gasteiger partial charge is 0.325 e. The maximum Gasteiger partial charge on any atom is 0.325 e. The Bertz CT molecular complexity index is 338. The molecule has 0 saturated heterocycles. The maximum absolute atomic E-state index is 10.6. The molecule has 1 atom stereocenters. The fourth-order valence-corrected chi connectivity index (χ4v) is 1.17. The quantitative estimate of drug-likeness (QED) is 0.851. The summed E-state index contributed by atoms with van der Waals surface area (Å²) in [4.78, 5) is 10.6. The van der Waals surface area contributed by atoms with Crippen LogP contribution in [0.4, 0.5) is 0 Å². The molecule has 0 radical (unpaired) electrons. The van der Waals surface area contributed by atoms with E-state index in [1.54, 1.807) is 24.3 Å². The molecule has 1 aromatic carbocycles. The van der Waals surface area contributed by atoms with Crippen molar-refractivity contribution in [3.05, 3.63) is 29.8 Å². The number of ether oxygens (including phenoxy) is 1. The van der Waals surface area contributed by atoms with Crippen LogP contribution in [0.1, 0.15) is 25.5 Å². The van der Waals surface area contributed by atoms with Crippen molar-refractivity contribution >= 4 is 18.4 Å². The average molecular weight is 246 g/mol. The molecule has 0 saturated carbocycles. The summed E-state index contributed by atoms with van der Waals surface area (Å²) in [6.07, 6.45) is 0.101. The van der Waals surface area contributed by atoms with Crippen molar-refractivity contribution in [2.45, 2.75) is 26.0 Å². The van der Waals surface area contributed by atoms with E-state index in [9.17, 15) is 4.79 Å². The Hall–Kier alpha value is -1.26. The van der Waals surface area contributed by atoms with Crippen LogP contribution in [0.25, 0.3) is 0 Å². The monoisotopic (exact) mass is 245 g/mol. The summed E-state index contributed by atoms with van der Waals surface area (Å²) in [7, 11) is 0. The number of halogens is 1. The lowest BCUT2D eigenvalue weighted by atomic mass is 10.1. The first kappa shape index (κ1) is 14.7. The summed E-state index contributed by atoms with van der Waals surface area (Å²) in [5.41, 5.74) is 6.02. The fraction of sp³-hybridized carbons (Fsp3) is 0.364. The summed E-state index contributed by atoms with van der Waals surface area (Å²) < 4.78 is 5.42. The molecule has 0 amide bonds. The van der Waals surface area contributed by atoms with E-state index in [1.807, 2.05) is 13.8 Å². The van der Waals surface area contributed by atoms with Gasteiger partial charge < -0.3 is 15.6 Å². The van der Waals surface area contributed by atoms with Crippen LogP contribution in [-0.4, -0.2) is 17.2 Å². The molecular formula is C11H16ClNO3. The van der Waals surface area contributed by atoms with E-state index in [0.29, 0.717) is 11.3 Å². The van der Waals surface area contributed by atoms with Gasteiger partial charge in [0.1, 0.15) is 11.8 Å². The van der Waals surface area contributed by atoms with Gasteiger partial charge in [-0.2, -0.15) is 0 Å². The molecule has 0 aliphatic carbocycles. The van der Waals surface area contributed by atoms with Crippen LogP contribution in [0.2, 0.25) is 0 Å². The Morgan fingerprint density at radius 3 is 2.19 bits per heavy atom. The fourth-order valence-electron chi connectivity index (χ4n) is 1.17. The van der Waals surface area contributed by atoms with Crippen molar-refractivity contribution in [3.63, 3.8) is 0 Å². The van der Waals surface area contributed by atoms with Crippen molar-refractivity contribution in [1.29, 1.82) is 0 Å². The molecule has 0 spiro atoms. The van der Waals surface area contributed by atoms with Gasteiger partial charge in [-0.25, -0.2) is 0 Å². The van der Waals surface area contributed by atoms with Gasteiger partial charge in [0.25, 0.3) is 0 Å². The summed E-state index contributed by atoms with van der Waals surface area (Å²) in [5.74, 6) is -0.320. The van der Waals surface area contributed by atoms with Gasteiger partial charge in [0.2, 0.25) is 0 Å². The van der Waals surface area contributed by atoms with Crippen LogP contribution in [0, 0.1) is 0 Å². The van der Waals surface area contributed by atoms with E-state index >= 15 is 0 Å². The molecule has 0 unspecified atom stereocenters. The van der Waals surface area contributed by atoms with E-state index in [2.05, 4.69) is 0 Å². The van der Waals surface area contributed by atoms with Gasteiger partial charge in [-0.05, 0) is 31.5 Å². The third-order valence-corrected chi connectivity index (χ3v) is 1.88. The summed E-state index contributed by atoms with van der Waals surface area (Å²) >= 11 is 0. The van der Waals surface area contributed by atoms with Gasteiger partial charge in [-0.3, -0.25) is 4.79 Å². The zero-order valence-corrected chi connectivity index (χ0v) is 10.0. The lowest BCUT2D eigenvalue weighted by Crippen LogP contribution is -2.20. The summed E-state index contributed by atoms with van der Waals surface area (Å²) in [6.45, 7) is 3.85. The Morgan fingerprint density at radius 1 is 1.31 bits per heavy atom. The van der Waals surface area contributed by atoms with Crippen LogP contribution < -0.4 is 10.5 Å². The second-order valence-corrected chi connectivity index (χ2v) is 3.55. The van der Waals surface area contributed by atoms with Gasteiger partial charge in [0.15, 0.2) is 0 Å². The number of carboxylic acid groups (broad SMARTS) is 1. The van der Waals surface area contributed by atoms with Gasteiger partial charge in [-0.1, -0.05) is 12.1 Å². The minimum Gasteiger partial charge on any atom is -0.491 e. The first-order valence-electron chi connectivity index (χ1n) is 4.75. The highest BCUT2D eigenvalue weighted by molar-refractivity contribution is 5.85. The number of carbonyl (C=O) groups is 1. The number of nitrogens with two attached hydrogens (primary N) is 1. The van der Waals surface area contributed by atoms with Crippen LogP contribution in [0.15, 0.2) is 24.3 Å². The first-order valence-corrected chi connectivity index (χ1v) is 4.75. The van der Waals surface area contributed by atoms with Crippen LogP contribution in [-0.2, 0) is 4.79 Å². The maximum atomic E-state index is 10.6. The second-order valence-electron chi connectivity index (χ2n) is 3.55. The second kappa shape index (κ2) is 6.35. The zero-order valence-electron chi connectivity index (χ0n) is 9.21. The largest absolute Gasteiger partial charge is 0.491 e. The zero-order chi connectivity index (χ0) is 11.4. The number of benzene rings is 1. The van der Waals surface area contributed by atoms with Crippen molar-refractivity contribution in [2.24, 2.45) is 5.73 Å². The topological polar surface area (TPSA) is 72.5 Å². The minimum atomic E-state index is -1.03. The highest BCUT2D eigenvalue weighted by Crippen LogP contribution is 2.17. The number of hydrogen-bond acceptors (Lipinski definition) is 3. The predicted molar refractivity (Wildman–Crippen MR) is 64.0 cm³/mol. The molecule has 5 heteroatoms. The molecular weight excluding hydrogens is 230 g/mol. The Labute approximate surface area is 101 Å². The third-order valence-electron chi connectivity index (χ3n) is 1.88. The van der Waals surface area contributed by atoms with E-state index in [1.165, 1.54) is 0 Å². The predicted octanol–water partition coefficient (Wildman–Crippen LogP) is 1.98.